The maximum Gasteiger partial charge on any atom is 0.129 e. The summed E-state index contributed by atoms with van der Waals surface area (Å²) in [6.45, 7) is 13.5. The summed E-state index contributed by atoms with van der Waals surface area (Å²) < 4.78 is 0.812. The van der Waals surface area contributed by atoms with Gasteiger partial charge in [0.2, 0.25) is 0 Å². The highest BCUT2D eigenvalue weighted by atomic mass is 79.9. The van der Waals surface area contributed by atoms with E-state index in [0.29, 0.717) is 5.75 Å². The van der Waals surface area contributed by atoms with Crippen molar-refractivity contribution in [1.29, 1.82) is 0 Å². The maximum atomic E-state index is 10.2. The minimum atomic E-state index is -1.67. The molecule has 0 unspecified atom stereocenters. The summed E-state index contributed by atoms with van der Waals surface area (Å²) >= 11 is 3.43. The first-order valence-electron chi connectivity index (χ1n) is 5.57. The van der Waals surface area contributed by atoms with Crippen LogP contribution in [-0.2, 0) is 0 Å². The van der Waals surface area contributed by atoms with E-state index in [1.165, 1.54) is 5.56 Å². The Labute approximate surface area is 108 Å². The fraction of sp³-hybridized carbons (Fsp3) is 0.538. The predicted molar refractivity (Wildman–Crippen MR) is 77.4 cm³/mol. The number of aryl methyl sites for hydroxylation is 1. The quantitative estimate of drug-likeness (QED) is 0.772. The van der Waals surface area contributed by atoms with Crippen LogP contribution in [0.5, 0.6) is 5.75 Å². The van der Waals surface area contributed by atoms with Crippen molar-refractivity contribution in [2.75, 3.05) is 0 Å². The fourth-order valence-electron chi connectivity index (χ4n) is 1.62. The first-order valence-corrected chi connectivity index (χ1v) is 9.36. The number of hydrogen-bond donors (Lipinski definition) is 1. The third-order valence-electron chi connectivity index (χ3n) is 3.76. The van der Waals surface area contributed by atoms with Gasteiger partial charge in [0.05, 0.1) is 12.5 Å². The van der Waals surface area contributed by atoms with Gasteiger partial charge in [0, 0.05) is 0 Å². The van der Waals surface area contributed by atoms with Crippen LogP contribution in [-0.4, -0.2) is 13.2 Å². The van der Waals surface area contributed by atoms with Gasteiger partial charge < -0.3 is 5.11 Å². The smallest absolute Gasteiger partial charge is 0.129 e. The lowest BCUT2D eigenvalue weighted by molar-refractivity contribution is 0.475. The van der Waals surface area contributed by atoms with Gasteiger partial charge in [-0.1, -0.05) is 39.9 Å². The predicted octanol–water partition coefficient (Wildman–Crippen LogP) is 4.18. The minimum absolute atomic E-state index is 0.234. The second kappa shape index (κ2) is 4.19. The summed E-state index contributed by atoms with van der Waals surface area (Å²) in [5.41, 5.74) is 1.20. The third-order valence-corrected chi connectivity index (χ3v) is 9.84. The van der Waals surface area contributed by atoms with Gasteiger partial charge in [-0.15, -0.1) is 0 Å². The van der Waals surface area contributed by atoms with Crippen LogP contribution in [0.3, 0.4) is 0 Å². The first kappa shape index (κ1) is 13.8. The zero-order valence-electron chi connectivity index (χ0n) is 11.0. The first-order chi connectivity index (χ1) is 7.07. The minimum Gasteiger partial charge on any atom is -0.507 e. The van der Waals surface area contributed by atoms with Gasteiger partial charge in [0.1, 0.15) is 5.75 Å². The second-order valence-corrected chi connectivity index (χ2v) is 12.2. The van der Waals surface area contributed by atoms with Crippen LogP contribution < -0.4 is 5.19 Å². The average molecular weight is 301 g/mol. The molecule has 0 saturated heterocycles. The Balaban J connectivity index is 3.44. The molecule has 16 heavy (non-hydrogen) atoms. The summed E-state index contributed by atoms with van der Waals surface area (Å²) in [4.78, 5) is 0. The van der Waals surface area contributed by atoms with Gasteiger partial charge in [-0.25, -0.2) is 0 Å². The molecule has 90 valence electrons. The molecule has 0 heterocycles. The molecule has 0 atom stereocenters. The Bertz CT molecular complexity index is 405. The zero-order valence-corrected chi connectivity index (χ0v) is 13.6. The lowest BCUT2D eigenvalue weighted by Gasteiger charge is -2.38. The zero-order chi connectivity index (χ0) is 12.7. The maximum absolute atomic E-state index is 10.2. The van der Waals surface area contributed by atoms with E-state index in [0.717, 1.165) is 9.66 Å². The number of phenols is 1. The van der Waals surface area contributed by atoms with Crippen molar-refractivity contribution in [3.05, 3.63) is 22.2 Å². The van der Waals surface area contributed by atoms with Gasteiger partial charge >= 0.3 is 0 Å². The van der Waals surface area contributed by atoms with Gasteiger partial charge in [-0.3, -0.25) is 0 Å². The van der Waals surface area contributed by atoms with Crippen molar-refractivity contribution in [1.82, 2.24) is 0 Å². The molecule has 0 spiro atoms. The summed E-state index contributed by atoms with van der Waals surface area (Å²) in [6, 6.07) is 4.10. The van der Waals surface area contributed by atoms with Crippen LogP contribution >= 0.6 is 15.9 Å². The second-order valence-electron chi connectivity index (χ2n) is 6.02. The molecule has 0 aliphatic heterocycles. The molecular formula is C13H21BrOSi. The number of halogens is 1. The Hall–Kier alpha value is -0.283. The van der Waals surface area contributed by atoms with Crippen LogP contribution in [0.15, 0.2) is 16.6 Å². The molecule has 0 radical (unpaired) electrons. The van der Waals surface area contributed by atoms with E-state index in [-0.39, 0.29) is 5.04 Å². The number of rotatable bonds is 1. The van der Waals surface area contributed by atoms with E-state index in [2.05, 4.69) is 62.8 Å². The molecule has 1 nitrogen and oxygen atoms in total. The molecule has 1 aromatic rings. The molecule has 0 aromatic heterocycles. The summed E-state index contributed by atoms with van der Waals surface area (Å²) in [5.74, 6) is 0.428. The van der Waals surface area contributed by atoms with Gasteiger partial charge in [-0.05, 0) is 44.7 Å². The number of hydrogen-bond acceptors (Lipinski definition) is 1. The largest absolute Gasteiger partial charge is 0.507 e. The van der Waals surface area contributed by atoms with E-state index in [1.54, 1.807) is 0 Å². The number of aromatic hydroxyl groups is 1. The molecule has 0 aliphatic carbocycles. The molecular weight excluding hydrogens is 280 g/mol. The fourth-order valence-corrected chi connectivity index (χ4v) is 4.50. The van der Waals surface area contributed by atoms with E-state index in [1.807, 2.05) is 6.07 Å². The lowest BCUT2D eigenvalue weighted by atomic mass is 10.2. The highest BCUT2D eigenvalue weighted by molar-refractivity contribution is 9.10. The molecule has 1 aromatic carbocycles. The highest BCUT2D eigenvalue weighted by Crippen LogP contribution is 2.38. The summed E-state index contributed by atoms with van der Waals surface area (Å²) in [7, 11) is -1.67. The van der Waals surface area contributed by atoms with Crippen molar-refractivity contribution in [3.8, 4) is 5.75 Å². The molecule has 0 saturated carbocycles. The van der Waals surface area contributed by atoms with E-state index in [9.17, 15) is 5.11 Å². The standard InChI is InChI=1S/C13H21BrOSi/c1-9-7-10(14)12(15)11(8-9)16(5,6)13(2,3)4/h7-8,15H,1-6H3. The molecule has 1 N–H and O–H groups in total. The van der Waals surface area contributed by atoms with Crippen molar-refractivity contribution in [3.63, 3.8) is 0 Å². The van der Waals surface area contributed by atoms with Gasteiger partial charge in [-0.2, -0.15) is 0 Å². The van der Waals surface area contributed by atoms with Gasteiger partial charge in [0.15, 0.2) is 0 Å². The van der Waals surface area contributed by atoms with E-state index < -0.39 is 8.07 Å². The molecule has 0 fully saturated rings. The van der Waals surface area contributed by atoms with Crippen LogP contribution in [0.25, 0.3) is 0 Å². The number of phenolic OH excluding ortho intramolecular Hbond substituents is 1. The molecule has 0 bridgehead atoms. The Morgan fingerprint density at radius 1 is 1.19 bits per heavy atom. The van der Waals surface area contributed by atoms with Crippen molar-refractivity contribution >= 4 is 29.2 Å². The summed E-state index contributed by atoms with van der Waals surface area (Å²) in [6.07, 6.45) is 0. The van der Waals surface area contributed by atoms with Crippen molar-refractivity contribution in [2.45, 2.75) is 45.8 Å². The van der Waals surface area contributed by atoms with Crippen molar-refractivity contribution in [2.24, 2.45) is 0 Å². The lowest BCUT2D eigenvalue weighted by Crippen LogP contribution is -2.49. The molecule has 0 aliphatic rings. The van der Waals surface area contributed by atoms with Crippen molar-refractivity contribution < 1.29 is 5.11 Å². The summed E-state index contributed by atoms with van der Waals surface area (Å²) in [5, 5.41) is 11.6. The van der Waals surface area contributed by atoms with Crippen LogP contribution in [0.4, 0.5) is 0 Å². The Morgan fingerprint density at radius 3 is 2.12 bits per heavy atom. The number of benzene rings is 1. The normalized spacial score (nSPS) is 12.9. The average Bonchev–Trinajstić information content (AvgIpc) is 2.09. The topological polar surface area (TPSA) is 20.2 Å². The van der Waals surface area contributed by atoms with Crippen LogP contribution in [0.2, 0.25) is 18.1 Å². The van der Waals surface area contributed by atoms with E-state index >= 15 is 0 Å². The molecule has 0 amide bonds. The van der Waals surface area contributed by atoms with E-state index in [4.69, 9.17) is 0 Å². The molecule has 1 rings (SSSR count). The highest BCUT2D eigenvalue weighted by Gasteiger charge is 2.39. The monoisotopic (exact) mass is 300 g/mol. The van der Waals surface area contributed by atoms with Crippen LogP contribution in [0.1, 0.15) is 26.3 Å². The van der Waals surface area contributed by atoms with Gasteiger partial charge in [0.25, 0.3) is 0 Å². The Morgan fingerprint density at radius 2 is 1.69 bits per heavy atom. The molecule has 3 heteroatoms. The Kier molecular flexibility index (Phi) is 3.61. The third kappa shape index (κ3) is 2.35. The SMILES string of the molecule is Cc1cc(Br)c(O)c([Si](C)(C)C(C)(C)C)c1. The van der Waals surface area contributed by atoms with Crippen LogP contribution in [0, 0.1) is 6.92 Å².